The summed E-state index contributed by atoms with van der Waals surface area (Å²) in [6.45, 7) is 4.27. The summed E-state index contributed by atoms with van der Waals surface area (Å²) in [5.74, 6) is 0. The zero-order chi connectivity index (χ0) is 12.1. The zero-order valence-electron chi connectivity index (χ0n) is 11.3. The molecule has 1 heterocycles. The molecule has 0 amide bonds. The lowest BCUT2D eigenvalue weighted by Crippen LogP contribution is -2.50. The lowest BCUT2D eigenvalue weighted by atomic mass is 9.77. The molecule has 3 unspecified atom stereocenters. The Bertz CT molecular complexity index is 230. The molecule has 1 aliphatic carbocycles. The van der Waals surface area contributed by atoms with Crippen molar-refractivity contribution >= 4 is 0 Å². The third-order valence-corrected chi connectivity index (χ3v) is 4.27. The van der Waals surface area contributed by atoms with E-state index in [4.69, 9.17) is 9.47 Å². The van der Waals surface area contributed by atoms with Crippen LogP contribution in [0.4, 0.5) is 0 Å². The zero-order valence-corrected chi connectivity index (χ0v) is 11.3. The van der Waals surface area contributed by atoms with Crippen LogP contribution in [0.2, 0.25) is 0 Å². The maximum atomic E-state index is 6.13. The Morgan fingerprint density at radius 2 is 2.24 bits per heavy atom. The van der Waals surface area contributed by atoms with E-state index >= 15 is 0 Å². The Morgan fingerprint density at radius 1 is 1.35 bits per heavy atom. The molecule has 0 aromatic rings. The van der Waals surface area contributed by atoms with Gasteiger partial charge in [0.1, 0.15) is 0 Å². The van der Waals surface area contributed by atoms with Crippen molar-refractivity contribution in [2.24, 2.45) is 0 Å². The van der Waals surface area contributed by atoms with E-state index in [1.165, 1.54) is 38.5 Å². The molecule has 0 aromatic heterocycles. The molecule has 0 aromatic carbocycles. The second kappa shape index (κ2) is 6.17. The van der Waals surface area contributed by atoms with Crippen LogP contribution in [0.15, 0.2) is 0 Å². The van der Waals surface area contributed by atoms with Crippen molar-refractivity contribution in [3.8, 4) is 0 Å². The van der Waals surface area contributed by atoms with E-state index in [1.807, 2.05) is 7.11 Å². The monoisotopic (exact) mass is 241 g/mol. The summed E-state index contributed by atoms with van der Waals surface area (Å²) in [6, 6.07) is 0.652. The summed E-state index contributed by atoms with van der Waals surface area (Å²) in [6.07, 6.45) is 8.73. The number of ether oxygens (including phenoxy) is 2. The standard InChI is InChI=1S/C14H27NO2/c1-3-8-15-12-6-9-17-14(10-12)7-4-5-13(11-14)16-2/h12-13,15H,3-11H2,1-2H3. The van der Waals surface area contributed by atoms with Gasteiger partial charge < -0.3 is 14.8 Å². The van der Waals surface area contributed by atoms with Crippen LogP contribution in [0.5, 0.6) is 0 Å². The van der Waals surface area contributed by atoms with E-state index in [0.717, 1.165) is 19.6 Å². The first kappa shape index (κ1) is 13.3. The summed E-state index contributed by atoms with van der Waals surface area (Å²) in [7, 11) is 1.83. The van der Waals surface area contributed by atoms with Gasteiger partial charge in [0, 0.05) is 26.2 Å². The minimum atomic E-state index is 0.114. The van der Waals surface area contributed by atoms with Crippen LogP contribution < -0.4 is 5.32 Å². The summed E-state index contributed by atoms with van der Waals surface area (Å²) >= 11 is 0. The highest BCUT2D eigenvalue weighted by Crippen LogP contribution is 2.39. The quantitative estimate of drug-likeness (QED) is 0.820. The molecule has 17 heavy (non-hydrogen) atoms. The minimum Gasteiger partial charge on any atom is -0.381 e. The number of hydrogen-bond acceptors (Lipinski definition) is 3. The molecule has 2 fully saturated rings. The fraction of sp³-hybridized carbons (Fsp3) is 1.00. The first-order valence-corrected chi connectivity index (χ1v) is 7.18. The molecule has 1 aliphatic heterocycles. The van der Waals surface area contributed by atoms with Gasteiger partial charge in [0.05, 0.1) is 11.7 Å². The van der Waals surface area contributed by atoms with E-state index in [2.05, 4.69) is 12.2 Å². The van der Waals surface area contributed by atoms with Gasteiger partial charge in [-0.15, -0.1) is 0 Å². The molecule has 2 aliphatic rings. The van der Waals surface area contributed by atoms with Gasteiger partial charge in [0.15, 0.2) is 0 Å². The van der Waals surface area contributed by atoms with Gasteiger partial charge in [-0.25, -0.2) is 0 Å². The fourth-order valence-corrected chi connectivity index (χ4v) is 3.34. The first-order valence-electron chi connectivity index (χ1n) is 7.18. The number of methoxy groups -OCH3 is 1. The number of nitrogens with one attached hydrogen (secondary N) is 1. The van der Waals surface area contributed by atoms with E-state index < -0.39 is 0 Å². The summed E-state index contributed by atoms with van der Waals surface area (Å²) in [5, 5.41) is 3.65. The molecule has 2 rings (SSSR count). The smallest absolute Gasteiger partial charge is 0.0722 e. The first-order chi connectivity index (χ1) is 8.28. The van der Waals surface area contributed by atoms with Crippen LogP contribution in [0.25, 0.3) is 0 Å². The van der Waals surface area contributed by atoms with Crippen LogP contribution >= 0.6 is 0 Å². The van der Waals surface area contributed by atoms with Gasteiger partial charge in [-0.2, -0.15) is 0 Å². The largest absolute Gasteiger partial charge is 0.381 e. The van der Waals surface area contributed by atoms with Gasteiger partial charge in [-0.05, 0) is 45.1 Å². The van der Waals surface area contributed by atoms with E-state index in [9.17, 15) is 0 Å². The maximum Gasteiger partial charge on any atom is 0.0722 e. The predicted molar refractivity (Wildman–Crippen MR) is 69.3 cm³/mol. The van der Waals surface area contributed by atoms with Crippen molar-refractivity contribution < 1.29 is 9.47 Å². The van der Waals surface area contributed by atoms with Crippen LogP contribution in [0.3, 0.4) is 0 Å². The molecule has 0 bridgehead atoms. The normalized spacial score (nSPS) is 38.5. The Morgan fingerprint density at radius 3 is 3.00 bits per heavy atom. The highest BCUT2D eigenvalue weighted by molar-refractivity contribution is 4.94. The third-order valence-electron chi connectivity index (χ3n) is 4.27. The van der Waals surface area contributed by atoms with Gasteiger partial charge in [0.2, 0.25) is 0 Å². The molecular formula is C14H27NO2. The average molecular weight is 241 g/mol. The lowest BCUT2D eigenvalue weighted by molar-refractivity contribution is -0.136. The third kappa shape index (κ3) is 3.43. The molecule has 1 saturated heterocycles. The van der Waals surface area contributed by atoms with Crippen molar-refractivity contribution in [1.82, 2.24) is 5.32 Å². The molecule has 1 saturated carbocycles. The lowest BCUT2D eigenvalue weighted by Gasteiger charge is -2.45. The minimum absolute atomic E-state index is 0.114. The molecule has 3 nitrogen and oxygen atoms in total. The summed E-state index contributed by atoms with van der Waals surface area (Å²) in [5.41, 5.74) is 0.114. The van der Waals surface area contributed by atoms with Crippen molar-refractivity contribution in [3.05, 3.63) is 0 Å². The highest BCUT2D eigenvalue weighted by Gasteiger charge is 2.41. The molecule has 0 radical (unpaired) electrons. The van der Waals surface area contributed by atoms with Gasteiger partial charge in [-0.1, -0.05) is 6.92 Å². The number of rotatable bonds is 4. The molecule has 1 N–H and O–H groups in total. The van der Waals surface area contributed by atoms with Gasteiger partial charge in [0.25, 0.3) is 0 Å². The molecular weight excluding hydrogens is 214 g/mol. The van der Waals surface area contributed by atoms with Crippen molar-refractivity contribution in [2.45, 2.75) is 69.6 Å². The Kier molecular flexibility index (Phi) is 4.83. The van der Waals surface area contributed by atoms with Crippen molar-refractivity contribution in [2.75, 3.05) is 20.3 Å². The molecule has 3 heteroatoms. The Labute approximate surface area is 105 Å². The predicted octanol–water partition coefficient (Wildman–Crippen LogP) is 2.49. The SMILES string of the molecule is CCCNC1CCOC2(CCCC(OC)C2)C1. The second-order valence-corrected chi connectivity index (χ2v) is 5.63. The van der Waals surface area contributed by atoms with Gasteiger partial charge in [-0.3, -0.25) is 0 Å². The molecule has 3 atom stereocenters. The van der Waals surface area contributed by atoms with Crippen LogP contribution in [-0.4, -0.2) is 38.0 Å². The highest BCUT2D eigenvalue weighted by atomic mass is 16.5. The van der Waals surface area contributed by atoms with E-state index in [0.29, 0.717) is 12.1 Å². The summed E-state index contributed by atoms with van der Waals surface area (Å²) in [4.78, 5) is 0. The second-order valence-electron chi connectivity index (χ2n) is 5.63. The van der Waals surface area contributed by atoms with E-state index in [-0.39, 0.29) is 5.60 Å². The van der Waals surface area contributed by atoms with Crippen molar-refractivity contribution in [3.63, 3.8) is 0 Å². The van der Waals surface area contributed by atoms with Crippen molar-refractivity contribution in [1.29, 1.82) is 0 Å². The molecule has 100 valence electrons. The number of hydrogen-bond donors (Lipinski definition) is 1. The van der Waals surface area contributed by atoms with Crippen LogP contribution in [0, 0.1) is 0 Å². The van der Waals surface area contributed by atoms with Crippen LogP contribution in [0.1, 0.15) is 51.9 Å². The summed E-state index contributed by atoms with van der Waals surface area (Å²) < 4.78 is 11.7. The molecule has 1 spiro atoms. The maximum absolute atomic E-state index is 6.13. The van der Waals surface area contributed by atoms with Crippen LogP contribution in [-0.2, 0) is 9.47 Å². The topological polar surface area (TPSA) is 30.5 Å². The average Bonchev–Trinajstić information content (AvgIpc) is 2.36. The van der Waals surface area contributed by atoms with Gasteiger partial charge >= 0.3 is 0 Å². The Hall–Kier alpha value is -0.120. The Balaban J connectivity index is 1.89. The fourth-order valence-electron chi connectivity index (χ4n) is 3.34. The van der Waals surface area contributed by atoms with E-state index in [1.54, 1.807) is 0 Å².